The molecule has 3 rings (SSSR count). The van der Waals surface area contributed by atoms with E-state index in [4.69, 9.17) is 9.47 Å². The van der Waals surface area contributed by atoms with Gasteiger partial charge < -0.3 is 19.9 Å². The standard InChI is InChI=1S/C24H32N2O4/c1-20(27)25-14-6-16-29-23-11-9-21(10-12-23)17-26-15-5-13-24(28,18-26)19-30-22-7-3-2-4-8-22/h2-4,7-12,28H,5-6,13-19H2,1H3,(H,25,27)/t24-/m1/s1. The van der Waals surface area contributed by atoms with E-state index in [1.807, 2.05) is 42.5 Å². The van der Waals surface area contributed by atoms with Gasteiger partial charge in [-0.25, -0.2) is 0 Å². The summed E-state index contributed by atoms with van der Waals surface area (Å²) in [7, 11) is 0. The third kappa shape index (κ3) is 7.35. The second-order valence-electron chi connectivity index (χ2n) is 7.97. The van der Waals surface area contributed by atoms with E-state index in [9.17, 15) is 9.90 Å². The van der Waals surface area contributed by atoms with Crippen LogP contribution in [0, 0.1) is 0 Å². The van der Waals surface area contributed by atoms with E-state index >= 15 is 0 Å². The van der Waals surface area contributed by atoms with Crippen molar-refractivity contribution in [2.45, 2.75) is 38.3 Å². The summed E-state index contributed by atoms with van der Waals surface area (Å²) in [5.74, 6) is 1.60. The zero-order chi connectivity index (χ0) is 21.2. The number of aliphatic hydroxyl groups is 1. The molecule has 30 heavy (non-hydrogen) atoms. The normalized spacial score (nSPS) is 19.3. The van der Waals surface area contributed by atoms with Gasteiger partial charge in [-0.3, -0.25) is 9.69 Å². The fraction of sp³-hybridized carbons (Fsp3) is 0.458. The van der Waals surface area contributed by atoms with E-state index < -0.39 is 5.60 Å². The average molecular weight is 413 g/mol. The molecule has 2 N–H and O–H groups in total. The van der Waals surface area contributed by atoms with Crippen molar-refractivity contribution in [2.75, 3.05) is 32.8 Å². The molecule has 1 amide bonds. The summed E-state index contributed by atoms with van der Waals surface area (Å²) in [6.07, 6.45) is 2.48. The molecule has 6 heteroatoms. The summed E-state index contributed by atoms with van der Waals surface area (Å²) in [6, 6.07) is 17.7. The molecule has 1 saturated heterocycles. The number of β-amino-alcohol motifs (C(OH)–C–C–N with tert-alkyl or cyclic N) is 1. The zero-order valence-electron chi connectivity index (χ0n) is 17.7. The highest BCUT2D eigenvalue weighted by Gasteiger charge is 2.34. The number of benzene rings is 2. The van der Waals surface area contributed by atoms with Crippen LogP contribution in [0.15, 0.2) is 54.6 Å². The van der Waals surface area contributed by atoms with Crippen molar-refractivity contribution in [3.63, 3.8) is 0 Å². The van der Waals surface area contributed by atoms with E-state index in [0.717, 1.165) is 43.9 Å². The second kappa shape index (κ2) is 11.0. The lowest BCUT2D eigenvalue weighted by atomic mass is 9.93. The molecular weight excluding hydrogens is 380 g/mol. The highest BCUT2D eigenvalue weighted by molar-refractivity contribution is 5.72. The van der Waals surface area contributed by atoms with Crippen molar-refractivity contribution in [3.05, 3.63) is 60.2 Å². The number of hydrogen-bond acceptors (Lipinski definition) is 5. The lowest BCUT2D eigenvalue weighted by molar-refractivity contribution is -0.118. The van der Waals surface area contributed by atoms with E-state index in [1.54, 1.807) is 0 Å². The molecule has 1 fully saturated rings. The Morgan fingerprint density at radius 2 is 1.83 bits per heavy atom. The molecule has 0 unspecified atom stereocenters. The van der Waals surface area contributed by atoms with Crippen LogP contribution in [0.4, 0.5) is 0 Å². The van der Waals surface area contributed by atoms with Gasteiger partial charge in [0.25, 0.3) is 0 Å². The zero-order valence-corrected chi connectivity index (χ0v) is 17.7. The average Bonchev–Trinajstić information content (AvgIpc) is 2.74. The largest absolute Gasteiger partial charge is 0.494 e. The first kappa shape index (κ1) is 22.1. The number of amides is 1. The molecule has 0 spiro atoms. The van der Waals surface area contributed by atoms with Gasteiger partial charge in [0.2, 0.25) is 5.91 Å². The van der Waals surface area contributed by atoms with Gasteiger partial charge >= 0.3 is 0 Å². The van der Waals surface area contributed by atoms with Crippen molar-refractivity contribution in [1.82, 2.24) is 10.2 Å². The van der Waals surface area contributed by atoms with Crippen LogP contribution < -0.4 is 14.8 Å². The quantitative estimate of drug-likeness (QED) is 0.587. The molecule has 6 nitrogen and oxygen atoms in total. The smallest absolute Gasteiger partial charge is 0.216 e. The summed E-state index contributed by atoms with van der Waals surface area (Å²) in [4.78, 5) is 13.1. The van der Waals surface area contributed by atoms with Crippen LogP contribution in [0.2, 0.25) is 0 Å². The highest BCUT2D eigenvalue weighted by atomic mass is 16.5. The third-order valence-corrected chi connectivity index (χ3v) is 5.18. The maximum absolute atomic E-state index is 11.0. The van der Waals surface area contributed by atoms with Gasteiger partial charge in [0.1, 0.15) is 23.7 Å². The molecule has 1 aliphatic heterocycles. The minimum atomic E-state index is -0.828. The number of para-hydroxylation sites is 1. The number of ether oxygens (including phenoxy) is 2. The third-order valence-electron chi connectivity index (χ3n) is 5.18. The maximum Gasteiger partial charge on any atom is 0.216 e. The first-order chi connectivity index (χ1) is 14.5. The van der Waals surface area contributed by atoms with E-state index in [2.05, 4.69) is 22.3 Å². The van der Waals surface area contributed by atoms with Crippen molar-refractivity contribution >= 4 is 5.91 Å². The van der Waals surface area contributed by atoms with Gasteiger partial charge in [0, 0.05) is 26.6 Å². The summed E-state index contributed by atoms with van der Waals surface area (Å²) >= 11 is 0. The predicted molar refractivity (Wildman–Crippen MR) is 117 cm³/mol. The Balaban J connectivity index is 1.43. The first-order valence-electron chi connectivity index (χ1n) is 10.6. The van der Waals surface area contributed by atoms with E-state index in [1.165, 1.54) is 12.5 Å². The minimum Gasteiger partial charge on any atom is -0.494 e. The SMILES string of the molecule is CC(=O)NCCCOc1ccc(CN2CCC[C@](O)(COc3ccccc3)C2)cc1. The first-order valence-corrected chi connectivity index (χ1v) is 10.6. The molecule has 0 radical (unpaired) electrons. The summed E-state index contributed by atoms with van der Waals surface area (Å²) < 4.78 is 11.5. The number of carbonyl (C=O) groups is 1. The lowest BCUT2D eigenvalue weighted by Crippen LogP contribution is -2.51. The van der Waals surface area contributed by atoms with Crippen LogP contribution in [-0.4, -0.2) is 54.4 Å². The van der Waals surface area contributed by atoms with Crippen molar-refractivity contribution in [2.24, 2.45) is 0 Å². The molecule has 2 aromatic carbocycles. The van der Waals surface area contributed by atoms with Crippen LogP contribution in [0.3, 0.4) is 0 Å². The van der Waals surface area contributed by atoms with E-state index in [0.29, 0.717) is 26.3 Å². The molecule has 162 valence electrons. The number of piperidine rings is 1. The Morgan fingerprint density at radius 3 is 2.57 bits per heavy atom. The monoisotopic (exact) mass is 412 g/mol. The van der Waals surface area contributed by atoms with Gasteiger partial charge in [-0.1, -0.05) is 30.3 Å². The number of rotatable bonds is 10. The number of likely N-dealkylation sites (tertiary alicyclic amines) is 1. The summed E-state index contributed by atoms with van der Waals surface area (Å²) in [5.41, 5.74) is 0.360. The fourth-order valence-electron chi connectivity index (χ4n) is 3.67. The van der Waals surface area contributed by atoms with Crippen LogP contribution in [0.25, 0.3) is 0 Å². The van der Waals surface area contributed by atoms with Crippen molar-refractivity contribution < 1.29 is 19.4 Å². The Bertz CT molecular complexity index is 782. The second-order valence-corrected chi connectivity index (χ2v) is 7.97. The van der Waals surface area contributed by atoms with Gasteiger partial charge in [-0.2, -0.15) is 0 Å². The van der Waals surface area contributed by atoms with E-state index in [-0.39, 0.29) is 5.91 Å². The number of nitrogens with zero attached hydrogens (tertiary/aromatic N) is 1. The topological polar surface area (TPSA) is 71.0 Å². The predicted octanol–water partition coefficient (Wildman–Crippen LogP) is 3.00. The minimum absolute atomic E-state index is 0.0180. The van der Waals surface area contributed by atoms with Crippen LogP contribution in [-0.2, 0) is 11.3 Å². The van der Waals surface area contributed by atoms with Crippen molar-refractivity contribution in [3.8, 4) is 11.5 Å². The molecule has 2 aromatic rings. The number of hydrogen-bond donors (Lipinski definition) is 2. The molecule has 0 aromatic heterocycles. The Hall–Kier alpha value is -2.57. The highest BCUT2D eigenvalue weighted by Crippen LogP contribution is 2.24. The molecule has 1 atom stereocenters. The number of carbonyl (C=O) groups excluding carboxylic acids is 1. The lowest BCUT2D eigenvalue weighted by Gasteiger charge is -2.39. The van der Waals surface area contributed by atoms with Gasteiger partial charge in [-0.05, 0) is 55.6 Å². The van der Waals surface area contributed by atoms with Crippen LogP contribution >= 0.6 is 0 Å². The van der Waals surface area contributed by atoms with Crippen LogP contribution in [0.1, 0.15) is 31.7 Å². The molecule has 0 aliphatic carbocycles. The molecule has 0 saturated carbocycles. The van der Waals surface area contributed by atoms with Gasteiger partial charge in [0.15, 0.2) is 0 Å². The fourth-order valence-corrected chi connectivity index (χ4v) is 3.67. The van der Waals surface area contributed by atoms with Gasteiger partial charge in [0.05, 0.1) is 6.61 Å². The summed E-state index contributed by atoms with van der Waals surface area (Å²) in [5, 5.41) is 13.7. The molecule has 1 heterocycles. The summed E-state index contributed by atoms with van der Waals surface area (Å²) in [6.45, 7) is 5.37. The number of nitrogens with one attached hydrogen (secondary N) is 1. The maximum atomic E-state index is 11.0. The van der Waals surface area contributed by atoms with Crippen molar-refractivity contribution in [1.29, 1.82) is 0 Å². The Morgan fingerprint density at radius 1 is 1.10 bits per heavy atom. The van der Waals surface area contributed by atoms with Crippen LogP contribution in [0.5, 0.6) is 11.5 Å². The molecule has 1 aliphatic rings. The Labute approximate surface area is 178 Å². The van der Waals surface area contributed by atoms with Gasteiger partial charge in [-0.15, -0.1) is 0 Å². The molecule has 0 bridgehead atoms. The molecular formula is C24H32N2O4. The Kier molecular flexibility index (Phi) is 8.11.